The van der Waals surface area contributed by atoms with E-state index < -0.39 is 23.6 Å². The summed E-state index contributed by atoms with van der Waals surface area (Å²) in [5.74, 6) is -1.90. The molecule has 0 heterocycles. The van der Waals surface area contributed by atoms with Crippen molar-refractivity contribution in [2.45, 2.75) is 12.5 Å². The van der Waals surface area contributed by atoms with Gasteiger partial charge in [0.2, 0.25) is 0 Å². The third-order valence-corrected chi connectivity index (χ3v) is 2.39. The normalized spacial score (nSPS) is 12.0. The number of halogens is 2. The maximum absolute atomic E-state index is 13.2. The first kappa shape index (κ1) is 14.4. The van der Waals surface area contributed by atoms with E-state index in [1.165, 1.54) is 13.2 Å². The lowest BCUT2D eigenvalue weighted by Gasteiger charge is -2.14. The van der Waals surface area contributed by atoms with Gasteiger partial charge in [-0.25, -0.2) is 8.78 Å². The standard InChI is InChI=1S/C12H15F2NO3/c1-15-10(12(16)17-2)5-6-18-11-4-3-8(13)7-9(11)14/h3-4,7,10,15H,5-6H2,1-2H3. The maximum Gasteiger partial charge on any atom is 0.322 e. The fourth-order valence-electron chi connectivity index (χ4n) is 1.40. The zero-order valence-electron chi connectivity index (χ0n) is 10.2. The highest BCUT2D eigenvalue weighted by Crippen LogP contribution is 2.17. The van der Waals surface area contributed by atoms with Gasteiger partial charge in [0, 0.05) is 12.5 Å². The Morgan fingerprint density at radius 2 is 2.17 bits per heavy atom. The Hall–Kier alpha value is -1.69. The van der Waals surface area contributed by atoms with Crippen LogP contribution in [0.25, 0.3) is 0 Å². The maximum atomic E-state index is 13.2. The van der Waals surface area contributed by atoms with Gasteiger partial charge in [-0.3, -0.25) is 4.79 Å². The molecule has 1 unspecified atom stereocenters. The van der Waals surface area contributed by atoms with Crippen molar-refractivity contribution in [2.75, 3.05) is 20.8 Å². The number of rotatable bonds is 6. The second-order valence-corrected chi connectivity index (χ2v) is 3.58. The molecule has 0 aliphatic carbocycles. The van der Waals surface area contributed by atoms with Crippen LogP contribution in [-0.2, 0) is 9.53 Å². The Kier molecular flexibility index (Phi) is 5.51. The third-order valence-electron chi connectivity index (χ3n) is 2.39. The number of carbonyl (C=O) groups is 1. The lowest BCUT2D eigenvalue weighted by molar-refractivity contribution is -0.143. The summed E-state index contributed by atoms with van der Waals surface area (Å²) in [6.45, 7) is 0.114. The fraction of sp³-hybridized carbons (Fsp3) is 0.417. The summed E-state index contributed by atoms with van der Waals surface area (Å²) in [7, 11) is 2.90. The van der Waals surface area contributed by atoms with Crippen LogP contribution < -0.4 is 10.1 Å². The lowest BCUT2D eigenvalue weighted by atomic mass is 10.2. The molecule has 0 aliphatic rings. The zero-order chi connectivity index (χ0) is 13.5. The third kappa shape index (κ3) is 3.96. The van der Waals surface area contributed by atoms with Gasteiger partial charge < -0.3 is 14.8 Å². The van der Waals surface area contributed by atoms with Crippen molar-refractivity contribution >= 4 is 5.97 Å². The van der Waals surface area contributed by atoms with Crippen molar-refractivity contribution in [1.29, 1.82) is 0 Å². The molecule has 0 amide bonds. The second-order valence-electron chi connectivity index (χ2n) is 3.58. The highest BCUT2D eigenvalue weighted by atomic mass is 19.1. The van der Waals surface area contributed by atoms with Gasteiger partial charge in [-0.2, -0.15) is 0 Å². The Bertz CT molecular complexity index is 412. The number of esters is 1. The molecular weight excluding hydrogens is 244 g/mol. The van der Waals surface area contributed by atoms with Crippen molar-refractivity contribution in [3.63, 3.8) is 0 Å². The topological polar surface area (TPSA) is 47.6 Å². The minimum atomic E-state index is -0.769. The number of benzene rings is 1. The van der Waals surface area contributed by atoms with Gasteiger partial charge in [0.25, 0.3) is 0 Å². The van der Waals surface area contributed by atoms with E-state index in [0.717, 1.165) is 12.1 Å². The molecule has 1 aromatic rings. The minimum Gasteiger partial charge on any atom is -0.490 e. The SMILES string of the molecule is CNC(CCOc1ccc(F)cc1F)C(=O)OC. The van der Waals surface area contributed by atoms with Crippen LogP contribution >= 0.6 is 0 Å². The predicted molar refractivity (Wildman–Crippen MR) is 61.3 cm³/mol. The molecule has 0 aliphatic heterocycles. The van der Waals surface area contributed by atoms with Gasteiger partial charge >= 0.3 is 5.97 Å². The van der Waals surface area contributed by atoms with Crippen LogP contribution in [0.15, 0.2) is 18.2 Å². The van der Waals surface area contributed by atoms with E-state index in [1.807, 2.05) is 0 Å². The van der Waals surface area contributed by atoms with E-state index in [4.69, 9.17) is 4.74 Å². The smallest absolute Gasteiger partial charge is 0.322 e. The van der Waals surface area contributed by atoms with Crippen LogP contribution in [0, 0.1) is 11.6 Å². The van der Waals surface area contributed by atoms with Gasteiger partial charge in [-0.1, -0.05) is 0 Å². The van der Waals surface area contributed by atoms with E-state index >= 15 is 0 Å². The summed E-state index contributed by atoms with van der Waals surface area (Å²) in [5.41, 5.74) is 0. The summed E-state index contributed by atoms with van der Waals surface area (Å²) < 4.78 is 35.5. The summed E-state index contributed by atoms with van der Waals surface area (Å²) >= 11 is 0. The number of carbonyl (C=O) groups excluding carboxylic acids is 1. The molecule has 0 saturated carbocycles. The molecule has 100 valence electrons. The summed E-state index contributed by atoms with van der Waals surface area (Å²) in [6.07, 6.45) is 0.319. The predicted octanol–water partition coefficient (Wildman–Crippen LogP) is 1.49. The molecule has 0 bridgehead atoms. The lowest BCUT2D eigenvalue weighted by Crippen LogP contribution is -2.36. The van der Waals surface area contributed by atoms with E-state index in [-0.39, 0.29) is 12.4 Å². The molecule has 6 heteroatoms. The van der Waals surface area contributed by atoms with Crippen molar-refractivity contribution in [1.82, 2.24) is 5.32 Å². The number of hydrogen-bond acceptors (Lipinski definition) is 4. The Labute approximate surface area is 104 Å². The average molecular weight is 259 g/mol. The summed E-state index contributed by atoms with van der Waals surface area (Å²) in [5, 5.41) is 2.75. The Balaban J connectivity index is 2.48. The number of methoxy groups -OCH3 is 1. The van der Waals surface area contributed by atoms with Crippen molar-refractivity contribution < 1.29 is 23.0 Å². The highest BCUT2D eigenvalue weighted by Gasteiger charge is 2.16. The molecule has 0 fully saturated rings. The van der Waals surface area contributed by atoms with Gasteiger partial charge in [-0.15, -0.1) is 0 Å². The van der Waals surface area contributed by atoms with Crippen LogP contribution in [0.3, 0.4) is 0 Å². The zero-order valence-corrected chi connectivity index (χ0v) is 10.2. The van der Waals surface area contributed by atoms with Gasteiger partial charge in [-0.05, 0) is 19.2 Å². The first-order valence-electron chi connectivity index (χ1n) is 5.41. The van der Waals surface area contributed by atoms with Crippen LogP contribution in [0.4, 0.5) is 8.78 Å². The Morgan fingerprint density at radius 3 is 2.72 bits per heavy atom. The highest BCUT2D eigenvalue weighted by molar-refractivity contribution is 5.75. The second kappa shape index (κ2) is 6.90. The molecule has 18 heavy (non-hydrogen) atoms. The fourth-order valence-corrected chi connectivity index (χ4v) is 1.40. The van der Waals surface area contributed by atoms with Crippen LogP contribution in [0.5, 0.6) is 5.75 Å². The van der Waals surface area contributed by atoms with E-state index in [2.05, 4.69) is 10.1 Å². The van der Waals surface area contributed by atoms with Crippen LogP contribution in [0.1, 0.15) is 6.42 Å². The van der Waals surface area contributed by atoms with E-state index in [1.54, 1.807) is 7.05 Å². The first-order valence-corrected chi connectivity index (χ1v) is 5.41. The van der Waals surface area contributed by atoms with Gasteiger partial charge in [0.05, 0.1) is 13.7 Å². The molecule has 1 aromatic carbocycles. The summed E-state index contributed by atoms with van der Waals surface area (Å²) in [4.78, 5) is 11.2. The van der Waals surface area contributed by atoms with Gasteiger partial charge in [0.1, 0.15) is 11.9 Å². The number of nitrogens with one attached hydrogen (secondary N) is 1. The molecule has 1 atom stereocenters. The van der Waals surface area contributed by atoms with Gasteiger partial charge in [0.15, 0.2) is 11.6 Å². The quantitative estimate of drug-likeness (QED) is 0.786. The molecule has 1 rings (SSSR count). The van der Waals surface area contributed by atoms with Crippen molar-refractivity contribution in [3.8, 4) is 5.75 Å². The number of likely N-dealkylation sites (N-methyl/N-ethyl adjacent to an activating group) is 1. The summed E-state index contributed by atoms with van der Waals surface area (Å²) in [6, 6.07) is 2.54. The average Bonchev–Trinajstić information content (AvgIpc) is 2.36. The van der Waals surface area contributed by atoms with Crippen LogP contribution in [-0.4, -0.2) is 32.8 Å². The van der Waals surface area contributed by atoms with Crippen molar-refractivity contribution in [2.24, 2.45) is 0 Å². The first-order chi connectivity index (χ1) is 8.58. The molecule has 4 nitrogen and oxygen atoms in total. The molecule has 0 saturated heterocycles. The number of ether oxygens (including phenoxy) is 2. The van der Waals surface area contributed by atoms with Crippen LogP contribution in [0.2, 0.25) is 0 Å². The Morgan fingerprint density at radius 1 is 1.44 bits per heavy atom. The molecule has 0 spiro atoms. The van der Waals surface area contributed by atoms with Crippen molar-refractivity contribution in [3.05, 3.63) is 29.8 Å². The monoisotopic (exact) mass is 259 g/mol. The van der Waals surface area contributed by atoms with E-state index in [9.17, 15) is 13.6 Å². The molecule has 0 radical (unpaired) electrons. The molecule has 1 N–H and O–H groups in total. The molecular formula is C12H15F2NO3. The minimum absolute atomic E-state index is 0.0453. The largest absolute Gasteiger partial charge is 0.490 e. The van der Waals surface area contributed by atoms with E-state index in [0.29, 0.717) is 6.42 Å². The number of hydrogen-bond donors (Lipinski definition) is 1. The molecule has 0 aromatic heterocycles.